The minimum atomic E-state index is 0.173. The molecule has 3 N–H and O–H groups in total. The maximum Gasteiger partial charge on any atom is 0.232 e. The van der Waals surface area contributed by atoms with E-state index in [1.165, 1.54) is 17.3 Å². The molecule has 2 heterocycles. The second kappa shape index (κ2) is 8.50. The Balaban J connectivity index is 1.54. The number of nitrogens with two attached hydrogens (primary N) is 1. The predicted octanol–water partition coefficient (Wildman–Crippen LogP) is 4.00. The lowest BCUT2D eigenvalue weighted by Crippen LogP contribution is -2.07. The van der Waals surface area contributed by atoms with Gasteiger partial charge in [-0.1, -0.05) is 47.7 Å². The fraction of sp³-hybridized carbons (Fsp3) is 0.190. The Hall–Kier alpha value is -3.46. The molecule has 0 fully saturated rings. The molecule has 2 aromatic heterocycles. The molecule has 0 aliphatic heterocycles. The summed E-state index contributed by atoms with van der Waals surface area (Å²) in [7, 11) is 0. The third-order valence-corrected chi connectivity index (χ3v) is 5.41. The SMILES string of the molecule is Cc1ccc(Nc2nc(N)nc(CSc3nnc(C)n3-c3ccccc3C)n2)cc1. The normalized spacial score (nSPS) is 10.9. The Labute approximate surface area is 179 Å². The number of nitrogens with zero attached hydrogens (tertiary/aromatic N) is 6. The van der Waals surface area contributed by atoms with Crippen molar-refractivity contribution in [3.63, 3.8) is 0 Å². The van der Waals surface area contributed by atoms with Gasteiger partial charge in [-0.2, -0.15) is 15.0 Å². The number of para-hydroxylation sites is 1. The summed E-state index contributed by atoms with van der Waals surface area (Å²) in [6.07, 6.45) is 0. The largest absolute Gasteiger partial charge is 0.368 e. The summed E-state index contributed by atoms with van der Waals surface area (Å²) < 4.78 is 2.04. The molecule has 0 unspecified atom stereocenters. The molecule has 152 valence electrons. The second-order valence-electron chi connectivity index (χ2n) is 6.86. The molecule has 0 aliphatic rings. The predicted molar refractivity (Wildman–Crippen MR) is 119 cm³/mol. The fourth-order valence-corrected chi connectivity index (χ4v) is 3.83. The number of nitrogen functional groups attached to an aromatic ring is 1. The quantitative estimate of drug-likeness (QED) is 0.453. The average Bonchev–Trinajstić information content (AvgIpc) is 3.08. The zero-order valence-electron chi connectivity index (χ0n) is 17.0. The first kappa shape index (κ1) is 19.8. The number of benzene rings is 2. The number of anilines is 3. The number of hydrogen-bond donors (Lipinski definition) is 2. The van der Waals surface area contributed by atoms with E-state index < -0.39 is 0 Å². The van der Waals surface area contributed by atoms with Crippen LogP contribution >= 0.6 is 11.8 Å². The summed E-state index contributed by atoms with van der Waals surface area (Å²) in [5, 5.41) is 12.5. The smallest absolute Gasteiger partial charge is 0.232 e. The molecule has 4 aromatic rings. The monoisotopic (exact) mass is 418 g/mol. The van der Waals surface area contributed by atoms with Crippen molar-refractivity contribution in [1.82, 2.24) is 29.7 Å². The summed E-state index contributed by atoms with van der Waals surface area (Å²) in [6, 6.07) is 16.1. The Kier molecular flexibility index (Phi) is 5.62. The zero-order valence-corrected chi connectivity index (χ0v) is 17.8. The zero-order chi connectivity index (χ0) is 21.1. The number of rotatable bonds is 6. The van der Waals surface area contributed by atoms with Gasteiger partial charge < -0.3 is 11.1 Å². The molecule has 0 radical (unpaired) electrons. The summed E-state index contributed by atoms with van der Waals surface area (Å²) in [4.78, 5) is 13.0. The van der Waals surface area contributed by atoms with Gasteiger partial charge in [0, 0.05) is 5.69 Å². The number of aromatic nitrogens is 6. The van der Waals surface area contributed by atoms with Gasteiger partial charge in [-0.05, 0) is 44.5 Å². The van der Waals surface area contributed by atoms with Crippen molar-refractivity contribution < 1.29 is 0 Å². The number of nitrogens with one attached hydrogen (secondary N) is 1. The van der Waals surface area contributed by atoms with Gasteiger partial charge in [0.05, 0.1) is 11.4 Å². The van der Waals surface area contributed by atoms with E-state index in [1.54, 1.807) is 0 Å². The third kappa shape index (κ3) is 4.41. The Morgan fingerprint density at radius 3 is 2.47 bits per heavy atom. The molecule has 0 amide bonds. The topological polar surface area (TPSA) is 107 Å². The molecule has 9 heteroatoms. The number of aryl methyl sites for hydroxylation is 3. The van der Waals surface area contributed by atoms with Crippen molar-refractivity contribution in [1.29, 1.82) is 0 Å². The maximum atomic E-state index is 5.91. The first-order valence-electron chi connectivity index (χ1n) is 9.44. The summed E-state index contributed by atoms with van der Waals surface area (Å²) in [5.41, 5.74) is 10.2. The first-order valence-corrected chi connectivity index (χ1v) is 10.4. The van der Waals surface area contributed by atoms with E-state index in [0.29, 0.717) is 17.5 Å². The molecule has 30 heavy (non-hydrogen) atoms. The van der Waals surface area contributed by atoms with Crippen molar-refractivity contribution in [3.8, 4) is 5.69 Å². The van der Waals surface area contributed by atoms with E-state index in [4.69, 9.17) is 5.73 Å². The molecular weight excluding hydrogens is 396 g/mol. The lowest BCUT2D eigenvalue weighted by molar-refractivity contribution is 0.859. The van der Waals surface area contributed by atoms with Crippen molar-refractivity contribution in [2.75, 3.05) is 11.1 Å². The first-order chi connectivity index (χ1) is 14.5. The van der Waals surface area contributed by atoms with Crippen molar-refractivity contribution in [2.24, 2.45) is 0 Å². The number of hydrogen-bond acceptors (Lipinski definition) is 8. The van der Waals surface area contributed by atoms with Crippen molar-refractivity contribution in [3.05, 3.63) is 71.3 Å². The summed E-state index contributed by atoms with van der Waals surface area (Å²) in [5.74, 6) is 2.47. The van der Waals surface area contributed by atoms with Crippen LogP contribution in [0.1, 0.15) is 22.8 Å². The van der Waals surface area contributed by atoms with Crippen LogP contribution in [0.25, 0.3) is 5.69 Å². The van der Waals surface area contributed by atoms with Gasteiger partial charge in [0.2, 0.25) is 11.9 Å². The van der Waals surface area contributed by atoms with Crippen LogP contribution in [0, 0.1) is 20.8 Å². The van der Waals surface area contributed by atoms with Crippen LogP contribution in [-0.4, -0.2) is 29.7 Å². The highest BCUT2D eigenvalue weighted by molar-refractivity contribution is 7.98. The van der Waals surface area contributed by atoms with Crippen LogP contribution in [0.4, 0.5) is 17.6 Å². The van der Waals surface area contributed by atoms with E-state index in [1.807, 2.05) is 54.8 Å². The molecule has 0 bridgehead atoms. The van der Waals surface area contributed by atoms with Gasteiger partial charge in [0.1, 0.15) is 11.6 Å². The van der Waals surface area contributed by atoms with Gasteiger partial charge in [-0.25, -0.2) is 0 Å². The van der Waals surface area contributed by atoms with Gasteiger partial charge in [-0.15, -0.1) is 10.2 Å². The fourth-order valence-electron chi connectivity index (χ4n) is 2.98. The standard InChI is InChI=1S/C21H22N8S/c1-13-8-10-16(11-9-13)23-20-25-18(24-19(22)26-20)12-30-21-28-27-15(3)29(21)17-7-5-4-6-14(17)2/h4-11H,12H2,1-3H3,(H3,22,23,24,25,26). The molecular formula is C21H22N8S. The summed E-state index contributed by atoms with van der Waals surface area (Å²) in [6.45, 7) is 6.05. The minimum absolute atomic E-state index is 0.173. The second-order valence-corrected chi connectivity index (χ2v) is 7.81. The highest BCUT2D eigenvalue weighted by Crippen LogP contribution is 2.26. The Bertz CT molecular complexity index is 1170. The lowest BCUT2D eigenvalue weighted by atomic mass is 10.2. The Morgan fingerprint density at radius 2 is 1.70 bits per heavy atom. The highest BCUT2D eigenvalue weighted by Gasteiger charge is 2.14. The van der Waals surface area contributed by atoms with Crippen LogP contribution in [-0.2, 0) is 5.75 Å². The van der Waals surface area contributed by atoms with E-state index in [9.17, 15) is 0 Å². The van der Waals surface area contributed by atoms with Gasteiger partial charge in [0.15, 0.2) is 5.16 Å². The van der Waals surface area contributed by atoms with Crippen molar-refractivity contribution >= 4 is 29.3 Å². The molecule has 0 spiro atoms. The highest BCUT2D eigenvalue weighted by atomic mass is 32.2. The average molecular weight is 419 g/mol. The maximum absolute atomic E-state index is 5.91. The Morgan fingerprint density at radius 1 is 0.933 bits per heavy atom. The van der Waals surface area contributed by atoms with E-state index >= 15 is 0 Å². The van der Waals surface area contributed by atoms with Crippen LogP contribution < -0.4 is 11.1 Å². The minimum Gasteiger partial charge on any atom is -0.368 e. The third-order valence-electron chi connectivity index (χ3n) is 4.49. The molecule has 4 rings (SSSR count). The van der Waals surface area contributed by atoms with E-state index in [2.05, 4.69) is 49.5 Å². The molecule has 0 saturated heterocycles. The van der Waals surface area contributed by atoms with E-state index in [0.717, 1.165) is 27.9 Å². The summed E-state index contributed by atoms with van der Waals surface area (Å²) >= 11 is 1.50. The molecule has 0 saturated carbocycles. The lowest BCUT2D eigenvalue weighted by Gasteiger charge is -2.11. The van der Waals surface area contributed by atoms with E-state index in [-0.39, 0.29) is 5.95 Å². The molecule has 8 nitrogen and oxygen atoms in total. The van der Waals surface area contributed by atoms with Crippen molar-refractivity contribution in [2.45, 2.75) is 31.7 Å². The van der Waals surface area contributed by atoms with Crippen LogP contribution in [0.3, 0.4) is 0 Å². The van der Waals surface area contributed by atoms with Crippen LogP contribution in [0.2, 0.25) is 0 Å². The molecule has 0 aliphatic carbocycles. The van der Waals surface area contributed by atoms with Gasteiger partial charge in [0.25, 0.3) is 0 Å². The van der Waals surface area contributed by atoms with Gasteiger partial charge >= 0.3 is 0 Å². The van der Waals surface area contributed by atoms with Crippen LogP contribution in [0.15, 0.2) is 53.7 Å². The van der Waals surface area contributed by atoms with Crippen LogP contribution in [0.5, 0.6) is 0 Å². The molecule has 0 atom stereocenters. The number of thioether (sulfide) groups is 1. The van der Waals surface area contributed by atoms with Gasteiger partial charge in [-0.3, -0.25) is 4.57 Å². The molecule has 2 aromatic carbocycles.